The van der Waals surface area contributed by atoms with Gasteiger partial charge in [0.15, 0.2) is 0 Å². The van der Waals surface area contributed by atoms with Crippen LogP contribution in [0.2, 0.25) is 0 Å². The van der Waals surface area contributed by atoms with Crippen LogP contribution in [0.4, 0.5) is 4.79 Å². The summed E-state index contributed by atoms with van der Waals surface area (Å²) in [5.74, 6) is -0.181. The number of nitrogens with zero attached hydrogens (tertiary/aromatic N) is 2. The number of hydrogen-bond acceptors (Lipinski definition) is 5. The molecule has 2 aromatic heterocycles. The third-order valence-corrected chi connectivity index (χ3v) is 4.02. The number of aromatic nitrogens is 1. The molecule has 0 N–H and O–H groups in total. The van der Waals surface area contributed by atoms with Gasteiger partial charge in [-0.15, -0.1) is 11.3 Å². The number of hydrogen-bond donors (Lipinski definition) is 0. The molecule has 0 unspecified atom stereocenters. The maximum atomic E-state index is 12.3. The Balaban J connectivity index is 2.32. The van der Waals surface area contributed by atoms with E-state index in [2.05, 4.69) is 0 Å². The average molecular weight is 324 g/mol. The third kappa shape index (κ3) is 3.48. The number of rotatable bonds is 3. The number of carbonyl (C=O) groups is 2. The summed E-state index contributed by atoms with van der Waals surface area (Å²) in [6.07, 6.45) is 1.38. The normalized spacial score (nSPS) is 11.7. The Morgan fingerprint density at radius 3 is 2.64 bits per heavy atom. The molecule has 0 saturated heterocycles. The molecule has 0 aliphatic rings. The lowest BCUT2D eigenvalue weighted by atomic mass is 10.2. The Morgan fingerprint density at radius 1 is 1.36 bits per heavy atom. The van der Waals surface area contributed by atoms with E-state index in [4.69, 9.17) is 9.57 Å². The van der Waals surface area contributed by atoms with Crippen LogP contribution < -0.4 is 0 Å². The first kappa shape index (κ1) is 16.5. The minimum atomic E-state index is -0.573. The van der Waals surface area contributed by atoms with Gasteiger partial charge >= 0.3 is 6.09 Å². The minimum Gasteiger partial charge on any atom is -0.443 e. The Kier molecular flexibility index (Phi) is 4.58. The lowest BCUT2D eigenvalue weighted by Crippen LogP contribution is -2.27. The standard InChI is InChI=1S/C15H20N2O4S/c1-15(2,3)21-14(19)17-9-10(8-12(18)16(4)20-5)13-11(17)6-7-22-13/h6-7,9H,8H2,1-5H3. The van der Waals surface area contributed by atoms with Gasteiger partial charge in [0.1, 0.15) is 5.60 Å². The van der Waals surface area contributed by atoms with E-state index in [0.717, 1.165) is 15.8 Å². The van der Waals surface area contributed by atoms with Crippen LogP contribution in [0.3, 0.4) is 0 Å². The zero-order valence-corrected chi connectivity index (χ0v) is 14.2. The first-order valence-corrected chi connectivity index (χ1v) is 7.72. The van der Waals surface area contributed by atoms with Gasteiger partial charge in [-0.2, -0.15) is 0 Å². The molecule has 0 fully saturated rings. The second-order valence-electron chi connectivity index (χ2n) is 5.89. The summed E-state index contributed by atoms with van der Waals surface area (Å²) in [4.78, 5) is 29.2. The summed E-state index contributed by atoms with van der Waals surface area (Å²) >= 11 is 1.49. The van der Waals surface area contributed by atoms with Crippen LogP contribution in [0.25, 0.3) is 10.2 Å². The van der Waals surface area contributed by atoms with Crippen molar-refractivity contribution >= 4 is 33.6 Å². The average Bonchev–Trinajstić information content (AvgIpc) is 2.99. The third-order valence-electron chi connectivity index (χ3n) is 3.04. The van der Waals surface area contributed by atoms with E-state index in [1.807, 2.05) is 32.2 Å². The van der Waals surface area contributed by atoms with Crippen LogP contribution in [-0.2, 0) is 20.8 Å². The Morgan fingerprint density at radius 2 is 2.05 bits per heavy atom. The van der Waals surface area contributed by atoms with Crippen molar-refractivity contribution in [3.8, 4) is 0 Å². The molecule has 7 heteroatoms. The molecule has 2 rings (SSSR count). The van der Waals surface area contributed by atoms with Crippen molar-refractivity contribution in [3.63, 3.8) is 0 Å². The predicted octanol–water partition coefficient (Wildman–Crippen LogP) is 3.05. The highest BCUT2D eigenvalue weighted by molar-refractivity contribution is 7.17. The van der Waals surface area contributed by atoms with Gasteiger partial charge in [-0.05, 0) is 37.8 Å². The fourth-order valence-corrected chi connectivity index (χ4v) is 2.88. The molecule has 1 amide bonds. The summed E-state index contributed by atoms with van der Waals surface area (Å²) in [6, 6.07) is 1.85. The van der Waals surface area contributed by atoms with Crippen molar-refractivity contribution < 1.29 is 19.2 Å². The van der Waals surface area contributed by atoms with Crippen molar-refractivity contribution in [2.75, 3.05) is 14.2 Å². The van der Waals surface area contributed by atoms with Gasteiger partial charge in [-0.1, -0.05) is 0 Å². The Labute approximate surface area is 133 Å². The molecule has 22 heavy (non-hydrogen) atoms. The predicted molar refractivity (Wildman–Crippen MR) is 84.9 cm³/mol. The lowest BCUT2D eigenvalue weighted by molar-refractivity contribution is -0.167. The molecule has 0 aliphatic heterocycles. The van der Waals surface area contributed by atoms with E-state index in [1.165, 1.54) is 28.1 Å². The van der Waals surface area contributed by atoms with E-state index in [9.17, 15) is 9.59 Å². The van der Waals surface area contributed by atoms with Crippen molar-refractivity contribution in [1.82, 2.24) is 9.63 Å². The molecule has 0 spiro atoms. The molecule has 2 aromatic rings. The van der Waals surface area contributed by atoms with Gasteiger partial charge in [-0.25, -0.2) is 9.86 Å². The zero-order chi connectivity index (χ0) is 16.5. The van der Waals surface area contributed by atoms with E-state index >= 15 is 0 Å². The number of hydroxylamine groups is 2. The number of carbonyl (C=O) groups excluding carboxylic acids is 2. The van der Waals surface area contributed by atoms with Gasteiger partial charge in [0, 0.05) is 13.2 Å². The van der Waals surface area contributed by atoms with E-state index < -0.39 is 11.7 Å². The van der Waals surface area contributed by atoms with Gasteiger partial charge in [0.05, 0.1) is 23.7 Å². The smallest absolute Gasteiger partial charge is 0.419 e. The number of likely N-dealkylation sites (N-methyl/N-ethyl adjacent to an activating group) is 1. The zero-order valence-electron chi connectivity index (χ0n) is 13.4. The van der Waals surface area contributed by atoms with Crippen LogP contribution in [0.5, 0.6) is 0 Å². The second kappa shape index (κ2) is 6.10. The summed E-state index contributed by atoms with van der Waals surface area (Å²) in [5, 5.41) is 3.06. The van der Waals surface area contributed by atoms with Gasteiger partial charge in [-0.3, -0.25) is 14.2 Å². The maximum Gasteiger partial charge on any atom is 0.419 e. The first-order valence-electron chi connectivity index (χ1n) is 6.84. The largest absolute Gasteiger partial charge is 0.443 e. The van der Waals surface area contributed by atoms with Gasteiger partial charge in [0.25, 0.3) is 0 Å². The van der Waals surface area contributed by atoms with Crippen molar-refractivity contribution in [1.29, 1.82) is 0 Å². The minimum absolute atomic E-state index is 0.164. The summed E-state index contributed by atoms with van der Waals surface area (Å²) < 4.78 is 7.75. The monoisotopic (exact) mass is 324 g/mol. The number of thiophene rings is 1. The fraction of sp³-hybridized carbons (Fsp3) is 0.467. The Bertz CT molecular complexity index is 696. The SMILES string of the molecule is CON(C)C(=O)Cc1cn(C(=O)OC(C)(C)C)c2ccsc12. The van der Waals surface area contributed by atoms with Crippen molar-refractivity contribution in [2.45, 2.75) is 32.8 Å². The van der Waals surface area contributed by atoms with Crippen molar-refractivity contribution in [2.24, 2.45) is 0 Å². The van der Waals surface area contributed by atoms with Gasteiger partial charge < -0.3 is 4.74 Å². The molecule has 0 aromatic carbocycles. The molecular formula is C15H20N2O4S. The topological polar surface area (TPSA) is 60.8 Å². The van der Waals surface area contributed by atoms with E-state index in [0.29, 0.717) is 0 Å². The van der Waals surface area contributed by atoms with E-state index in [-0.39, 0.29) is 12.3 Å². The summed E-state index contributed by atoms with van der Waals surface area (Å²) in [6.45, 7) is 5.45. The molecule has 6 nitrogen and oxygen atoms in total. The lowest BCUT2D eigenvalue weighted by Gasteiger charge is -2.19. The highest BCUT2D eigenvalue weighted by atomic mass is 32.1. The number of ether oxygens (including phenoxy) is 1. The Hall–Kier alpha value is -1.86. The molecular weight excluding hydrogens is 304 g/mol. The maximum absolute atomic E-state index is 12.3. The first-order chi connectivity index (χ1) is 10.2. The van der Waals surface area contributed by atoms with Gasteiger partial charge in [0.2, 0.25) is 5.91 Å². The quantitative estimate of drug-likeness (QED) is 0.814. The molecule has 0 atom stereocenters. The highest BCUT2D eigenvalue weighted by Crippen LogP contribution is 2.28. The molecule has 2 heterocycles. The van der Waals surface area contributed by atoms with Crippen LogP contribution in [0.15, 0.2) is 17.6 Å². The molecule has 0 saturated carbocycles. The van der Waals surface area contributed by atoms with E-state index in [1.54, 1.807) is 13.2 Å². The second-order valence-corrected chi connectivity index (χ2v) is 6.81. The molecule has 120 valence electrons. The summed E-state index contributed by atoms with van der Waals surface area (Å²) in [7, 11) is 2.99. The summed E-state index contributed by atoms with van der Waals surface area (Å²) in [5.41, 5.74) is 0.961. The van der Waals surface area contributed by atoms with Crippen molar-refractivity contribution in [3.05, 3.63) is 23.2 Å². The molecule has 0 bridgehead atoms. The molecule has 0 radical (unpaired) electrons. The number of amides is 1. The van der Waals surface area contributed by atoms with Crippen LogP contribution in [-0.4, -0.2) is 41.4 Å². The number of fused-ring (bicyclic) bond motifs is 1. The van der Waals surface area contributed by atoms with Crippen LogP contribution in [0, 0.1) is 0 Å². The fourth-order valence-electron chi connectivity index (χ4n) is 1.98. The molecule has 0 aliphatic carbocycles. The van der Waals surface area contributed by atoms with Crippen LogP contribution in [0.1, 0.15) is 26.3 Å². The highest BCUT2D eigenvalue weighted by Gasteiger charge is 2.22. The van der Waals surface area contributed by atoms with Crippen LogP contribution >= 0.6 is 11.3 Å².